The molecule has 6 aliphatic rings. The fourth-order valence-electron chi connectivity index (χ4n) is 15.7. The molecule has 18 rings (SSSR count). The van der Waals surface area contributed by atoms with E-state index in [2.05, 4.69) is 120 Å². The van der Waals surface area contributed by atoms with Crippen LogP contribution in [-0.2, 0) is 65.5 Å². The van der Waals surface area contributed by atoms with Crippen LogP contribution in [0.4, 0.5) is 35.7 Å². The normalized spacial score (nSPS) is 19.3. The third-order valence-corrected chi connectivity index (χ3v) is 26.6. The zero-order chi connectivity index (χ0) is 108. The van der Waals surface area contributed by atoms with Gasteiger partial charge >= 0.3 is 0 Å². The highest BCUT2D eigenvalue weighted by molar-refractivity contribution is 14.2. The van der Waals surface area contributed by atoms with Crippen molar-refractivity contribution in [1.29, 1.82) is 0 Å². The molecular formula is C85H115BrIN30O24P5. The minimum absolute atomic E-state index is 0.00761. The van der Waals surface area contributed by atoms with Crippen molar-refractivity contribution < 1.29 is 85.9 Å². The van der Waals surface area contributed by atoms with Crippen LogP contribution in [0.15, 0.2) is 149 Å². The lowest BCUT2D eigenvalue weighted by Gasteiger charge is -2.17. The zero-order valence-corrected chi connectivity index (χ0v) is 90.2. The van der Waals surface area contributed by atoms with Gasteiger partial charge < -0.3 is 124 Å². The van der Waals surface area contributed by atoms with Crippen molar-refractivity contribution in [2.24, 2.45) is 5.92 Å². The van der Waals surface area contributed by atoms with E-state index in [4.69, 9.17) is 63.6 Å². The third-order valence-electron chi connectivity index (χ3n) is 22.3. The van der Waals surface area contributed by atoms with E-state index < -0.39 is 107 Å². The van der Waals surface area contributed by atoms with E-state index in [9.17, 15) is 81.0 Å². The van der Waals surface area contributed by atoms with Gasteiger partial charge in [-0.2, -0.15) is 29.9 Å². The number of nitrogen functional groups attached to an aromatic ring is 6. The molecule has 12 heterocycles. The SMILES string of the molecule is BrI.C=C1C(OCP(C)(C)=O)=C(C)C[C@@H]1n1cnc2c(=O)[nH]c(N)nc21.C=C1C(OCP(C)(C)=O)=C(O)C[C@@H]1n1cnc2c(=O)[nH]c(N)nc21.CC.CC1=C(OCP(C)(C)=O)C(=O)[C@@H](n2cnc3c(=O)[nH]c(N)nc32)C1.CCC1=C(OCP(C)(C)=O)C(=O)[C@@H](n2cnc3c(=O)[nH]c(N)nc32)C1.CCOP(C)(=O)CO.Nc1nc2c(ncn2[C@H]2CC=CC2=O)c(=O)[nH]1.Nc1nc2c(ncn2[C@H]2C[C@H](O)[C@@H](CO)C2=O)c(=O)[nH]1. The van der Waals surface area contributed by atoms with Gasteiger partial charge in [-0.05, 0) is 129 Å². The number of carbonyl (C=O) groups is 4. The Kier molecular flexibility index (Phi) is 37.5. The number of allylic oxidation sites excluding steroid dienone is 10. The zero-order valence-electron chi connectivity index (χ0n) is 82.0. The Labute approximate surface area is 848 Å². The van der Waals surface area contributed by atoms with Gasteiger partial charge in [-0.25, -0.2) is 29.9 Å². The number of hydrogen-bond acceptors (Lipinski definition) is 42. The first kappa shape index (κ1) is 115. The minimum Gasteiger partial charge on any atom is -0.508 e. The molecule has 61 heteroatoms. The first-order chi connectivity index (χ1) is 68.5. The molecule has 9 atom stereocenters. The quantitative estimate of drug-likeness (QED) is 0.0214. The molecule has 6 aliphatic carbocycles. The molecule has 1 fully saturated rings. The van der Waals surface area contributed by atoms with Gasteiger partial charge in [0.25, 0.3) is 33.4 Å². The summed E-state index contributed by atoms with van der Waals surface area (Å²) in [5.74, 6) is -0.364. The Morgan fingerprint density at radius 3 is 1.03 bits per heavy atom. The largest absolute Gasteiger partial charge is 0.508 e. The van der Waals surface area contributed by atoms with Gasteiger partial charge in [0, 0.05) is 63.9 Å². The highest BCUT2D eigenvalue weighted by Crippen LogP contribution is 2.48. The average molecular weight is 2300 g/mol. The molecule has 12 aromatic rings. The van der Waals surface area contributed by atoms with E-state index in [0.717, 1.165) is 22.3 Å². The number of hydrogen-bond donors (Lipinski definition) is 16. The highest BCUT2D eigenvalue weighted by atomic mass is 127. The van der Waals surface area contributed by atoms with Crippen LogP contribution in [0.5, 0.6) is 0 Å². The molecule has 788 valence electrons. The molecule has 0 radical (unpaired) electrons. The first-order valence-corrected chi connectivity index (χ1v) is 62.8. The second-order valence-corrected chi connectivity index (χ2v) is 51.8. The topological polar surface area (TPSA) is 818 Å². The van der Waals surface area contributed by atoms with Crippen LogP contribution in [0.2, 0.25) is 0 Å². The number of fused-ring (bicyclic) bond motifs is 6. The van der Waals surface area contributed by atoms with Gasteiger partial charge in [0.15, 0.2) is 95.8 Å². The van der Waals surface area contributed by atoms with Crippen molar-refractivity contribution in [2.45, 2.75) is 129 Å². The van der Waals surface area contributed by atoms with Crippen molar-refractivity contribution >= 4 is 195 Å². The lowest BCUT2D eigenvalue weighted by molar-refractivity contribution is -0.125. The van der Waals surface area contributed by atoms with Crippen LogP contribution in [-0.4, -0.2) is 272 Å². The van der Waals surface area contributed by atoms with Crippen molar-refractivity contribution in [3.63, 3.8) is 0 Å². The highest BCUT2D eigenvalue weighted by Gasteiger charge is 2.44. The number of imidazole rings is 6. The number of nitrogens with one attached hydrogen (secondary N) is 6. The smallest absolute Gasteiger partial charge is 0.280 e. The molecule has 12 aromatic heterocycles. The van der Waals surface area contributed by atoms with E-state index in [-0.39, 0.29) is 194 Å². The molecule has 0 spiro atoms. The number of rotatable bonds is 23. The molecular weight excluding hydrogens is 2190 g/mol. The fourth-order valence-corrected chi connectivity index (χ4v) is 18.1. The Bertz CT molecular complexity index is 7510. The number of aliphatic hydroxyl groups excluding tert-OH is 4. The number of ketones is 4. The predicted octanol–water partition coefficient (Wildman–Crippen LogP) is 7.80. The predicted molar refractivity (Wildman–Crippen MR) is 562 cm³/mol. The summed E-state index contributed by atoms with van der Waals surface area (Å²) in [6.45, 7) is 33.8. The van der Waals surface area contributed by atoms with Gasteiger partial charge in [0.05, 0.1) is 81.3 Å². The van der Waals surface area contributed by atoms with E-state index in [0.29, 0.717) is 67.0 Å². The summed E-state index contributed by atoms with van der Waals surface area (Å²) in [6.07, 6.45) is 13.9. The lowest BCUT2D eigenvalue weighted by Crippen LogP contribution is -2.24. The summed E-state index contributed by atoms with van der Waals surface area (Å²) >= 11 is 4.87. The van der Waals surface area contributed by atoms with Gasteiger partial charge in [-0.3, -0.25) is 82.4 Å². The van der Waals surface area contributed by atoms with E-state index in [1.807, 2.05) is 48.1 Å². The number of halogens is 2. The standard InChI is InChI=1S/C15H20N5O4P.C15H20N5O3P.2C14H18N5O4P.C11H13N5O4.C10H9N5O2.C4H11O3P.C2H6.BrI/c1-4-8-5-9(11(21)12(8)24-7-25(2,3)23)20-6-17-10-13(20)18-15(16)19-14(10)22;1-8-5-10(9(2)12(8)23-7-24(3,4)22)20-6-17-11-13(20)18-15(16)19-14(11)21;1-7-8(4-9(20)11(7)23-6-24(2,3)22)19-5-16-10-12(19)17-14(15)18-13(10)21;1-7-4-8(10(20)11(7)23-6-24(2,3)22)19-5-16-9-12(19)17-14(15)18-13(9)21;12-11-14-9-7(10(20)15-11)13-3-16(9)5-1-6(18)4(2-17)8(5)19;11-10-13-8-7(9(17)14-10)12-4-15(8)5-2-1-3-6(5)16;1-3-7-8(2,6)4-5;2*1-2/h6,9H,4-5,7H2,1-3H3,(H3,16,18,19,22);6,10H,2,5,7H2,1,3-4H3,(H3,16,18,19,21);5,8,20H,1,4,6H2,2-3H3,(H3,15,17,18,21);5,8H,4,6H2,1-3H3,(H3,15,17,18,21);3-6,17-18H,1-2H2,(H3,12,14,15,20);1,3-5H,2H2,(H3,11,13,14,17);5H,3-4H2,1-2H3;1-2H3;/t9-;10-;2*8-;4-,5+,6+;5-;;;/m000010.../s1. The Morgan fingerprint density at radius 2 is 0.719 bits per heavy atom. The summed E-state index contributed by atoms with van der Waals surface area (Å²) in [5.41, 5.74) is 37.3. The monoisotopic (exact) mass is 2300 g/mol. The number of aromatic nitrogens is 24. The number of nitrogens with zero attached hydrogens (tertiary/aromatic N) is 18. The second-order valence-electron chi connectivity index (χ2n) is 35.6. The molecule has 0 saturated heterocycles. The van der Waals surface area contributed by atoms with E-state index >= 15 is 0 Å². The average Bonchev–Trinajstić information content (AvgIpc) is 1.62. The van der Waals surface area contributed by atoms with E-state index in [1.165, 1.54) is 53.5 Å². The fraction of sp³-hybridized carbons (Fsp3) is 0.435. The molecule has 0 amide bonds. The summed E-state index contributed by atoms with van der Waals surface area (Å²) in [5, 5.41) is 37.4. The Balaban J connectivity index is 0.000000176. The number of ether oxygens (including phenoxy) is 4. The van der Waals surface area contributed by atoms with Crippen LogP contribution in [0.1, 0.15) is 123 Å². The molecule has 22 N–H and O–H groups in total. The van der Waals surface area contributed by atoms with Gasteiger partial charge in [-0.15, -0.1) is 0 Å². The van der Waals surface area contributed by atoms with Crippen LogP contribution in [0.3, 0.4) is 0 Å². The molecule has 54 nitrogen and oxygen atoms in total. The van der Waals surface area contributed by atoms with Gasteiger partial charge in [-0.1, -0.05) is 40.0 Å². The van der Waals surface area contributed by atoms with Crippen molar-refractivity contribution in [2.75, 3.05) is 139 Å². The van der Waals surface area contributed by atoms with E-state index in [1.54, 1.807) is 97.8 Å². The summed E-state index contributed by atoms with van der Waals surface area (Å²) in [4.78, 5) is 183. The number of anilines is 6. The number of aliphatic hydroxyl groups is 4. The maximum atomic E-state index is 12.8. The molecule has 0 bridgehead atoms. The third kappa shape index (κ3) is 27.0. The number of Topliss-reactive ketones (excluding diaryl/α,β-unsaturated/α-hetero) is 3. The molecule has 146 heavy (non-hydrogen) atoms. The molecule has 1 unspecified atom stereocenters. The lowest BCUT2D eigenvalue weighted by atomic mass is 10.1. The Morgan fingerprint density at radius 1 is 0.432 bits per heavy atom. The molecule has 0 aliphatic heterocycles. The number of carbonyl (C=O) groups excluding carboxylic acids is 4. The summed E-state index contributed by atoms with van der Waals surface area (Å²) in [6, 6.07) is -2.85. The van der Waals surface area contributed by atoms with Crippen LogP contribution in [0, 0.1) is 5.92 Å². The second kappa shape index (κ2) is 47.6. The maximum absolute atomic E-state index is 12.8. The number of aromatic amines is 6. The molecule has 1 saturated carbocycles. The summed E-state index contributed by atoms with van der Waals surface area (Å²) < 4.78 is 94.6. The van der Waals surface area contributed by atoms with Crippen molar-refractivity contribution in [3.05, 3.63) is 182 Å². The van der Waals surface area contributed by atoms with Crippen molar-refractivity contribution in [3.8, 4) is 0 Å². The van der Waals surface area contributed by atoms with Gasteiger partial charge in [0.1, 0.15) is 90.0 Å². The molecule has 0 aromatic carbocycles. The minimum atomic E-state index is -2.62. The van der Waals surface area contributed by atoms with Crippen LogP contribution >= 0.6 is 69.0 Å². The maximum Gasteiger partial charge on any atom is 0.280 e. The van der Waals surface area contributed by atoms with Crippen molar-refractivity contribution in [1.82, 2.24) is 117 Å². The Hall–Kier alpha value is -13.0. The summed E-state index contributed by atoms with van der Waals surface area (Å²) in [7, 11) is -12.1. The van der Waals surface area contributed by atoms with Gasteiger partial charge in [0.2, 0.25) is 54.6 Å². The number of H-pyrrole nitrogens is 6. The van der Waals surface area contributed by atoms with Crippen LogP contribution in [0.25, 0.3) is 67.0 Å². The number of nitrogens with two attached hydrogens (primary N) is 6. The first-order valence-electron chi connectivity index (χ1n) is 44.5. The van der Waals surface area contributed by atoms with Crippen LogP contribution < -0.4 is 67.8 Å².